The van der Waals surface area contributed by atoms with E-state index in [1.807, 2.05) is 0 Å². The number of anilines is 1. The topological polar surface area (TPSA) is 119 Å². The SMILES string of the molecule is COc1ccc([N+](=O)[O-])cc1NC(=O)C1CCCN(S(=O)(=O)c2ccc(Cl)s2)C1. The fraction of sp³-hybridized carbons (Fsp3) is 0.353. The van der Waals surface area contributed by atoms with Crippen molar-refractivity contribution in [1.82, 2.24) is 4.31 Å². The lowest BCUT2D eigenvalue weighted by Crippen LogP contribution is -2.43. The van der Waals surface area contributed by atoms with Gasteiger partial charge in [-0.2, -0.15) is 4.31 Å². The number of nitrogens with one attached hydrogen (secondary N) is 1. The molecule has 0 radical (unpaired) electrons. The molecule has 156 valence electrons. The van der Waals surface area contributed by atoms with Crippen LogP contribution in [0.2, 0.25) is 4.34 Å². The van der Waals surface area contributed by atoms with Crippen molar-refractivity contribution in [2.45, 2.75) is 17.1 Å². The zero-order valence-corrected chi connectivity index (χ0v) is 17.7. The van der Waals surface area contributed by atoms with Crippen molar-refractivity contribution >= 4 is 50.2 Å². The van der Waals surface area contributed by atoms with Crippen LogP contribution in [0.15, 0.2) is 34.5 Å². The zero-order chi connectivity index (χ0) is 21.2. The highest BCUT2D eigenvalue weighted by molar-refractivity contribution is 7.91. The number of halogens is 1. The second-order valence-electron chi connectivity index (χ2n) is 6.39. The van der Waals surface area contributed by atoms with Gasteiger partial charge in [-0.1, -0.05) is 11.6 Å². The summed E-state index contributed by atoms with van der Waals surface area (Å²) < 4.78 is 32.5. The van der Waals surface area contributed by atoms with Crippen LogP contribution < -0.4 is 10.1 Å². The van der Waals surface area contributed by atoms with Gasteiger partial charge in [0.15, 0.2) is 0 Å². The fourth-order valence-electron chi connectivity index (χ4n) is 3.08. The molecule has 2 aromatic rings. The maximum atomic E-state index is 12.8. The molecular formula is C17H18ClN3O6S2. The molecule has 1 aliphatic heterocycles. The number of nitro benzene ring substituents is 1. The van der Waals surface area contributed by atoms with E-state index in [1.54, 1.807) is 0 Å². The zero-order valence-electron chi connectivity index (χ0n) is 15.3. The molecule has 0 saturated carbocycles. The molecule has 1 N–H and O–H groups in total. The van der Waals surface area contributed by atoms with E-state index in [0.717, 1.165) is 11.3 Å². The lowest BCUT2D eigenvalue weighted by atomic mass is 9.98. The molecule has 29 heavy (non-hydrogen) atoms. The number of amides is 1. The van der Waals surface area contributed by atoms with E-state index in [4.69, 9.17) is 16.3 Å². The number of non-ortho nitro benzene ring substituents is 1. The molecular weight excluding hydrogens is 442 g/mol. The van der Waals surface area contributed by atoms with Crippen LogP contribution in [0.25, 0.3) is 0 Å². The molecule has 1 amide bonds. The summed E-state index contributed by atoms with van der Waals surface area (Å²) in [7, 11) is -2.35. The summed E-state index contributed by atoms with van der Waals surface area (Å²) in [5, 5.41) is 13.6. The van der Waals surface area contributed by atoms with Crippen molar-refractivity contribution in [2.24, 2.45) is 5.92 Å². The summed E-state index contributed by atoms with van der Waals surface area (Å²) in [4.78, 5) is 23.2. The summed E-state index contributed by atoms with van der Waals surface area (Å²) in [5.41, 5.74) is -0.0276. The van der Waals surface area contributed by atoms with Gasteiger partial charge in [0.05, 0.1) is 28.0 Å². The molecule has 1 fully saturated rings. The Morgan fingerprint density at radius 3 is 2.76 bits per heavy atom. The van der Waals surface area contributed by atoms with Gasteiger partial charge in [0.1, 0.15) is 9.96 Å². The number of benzene rings is 1. The number of rotatable bonds is 6. The minimum absolute atomic E-state index is 0.0148. The molecule has 1 aliphatic rings. The quantitative estimate of drug-likeness (QED) is 0.522. The Morgan fingerprint density at radius 1 is 1.38 bits per heavy atom. The molecule has 3 rings (SSSR count). The van der Waals surface area contributed by atoms with E-state index in [1.165, 1.54) is 41.7 Å². The van der Waals surface area contributed by atoms with Gasteiger partial charge < -0.3 is 10.1 Å². The molecule has 1 unspecified atom stereocenters. The maximum absolute atomic E-state index is 12.8. The number of nitro groups is 1. The summed E-state index contributed by atoms with van der Waals surface area (Å²) in [6.07, 6.45) is 1.02. The second kappa shape index (κ2) is 8.66. The third-order valence-corrected chi connectivity index (χ3v) is 8.11. The van der Waals surface area contributed by atoms with Gasteiger partial charge in [-0.3, -0.25) is 14.9 Å². The van der Waals surface area contributed by atoms with Crippen LogP contribution in [-0.4, -0.2) is 43.8 Å². The number of carbonyl (C=O) groups excluding carboxylic acids is 1. The van der Waals surface area contributed by atoms with Gasteiger partial charge in [0, 0.05) is 25.2 Å². The number of hydrogen-bond donors (Lipinski definition) is 1. The summed E-state index contributed by atoms with van der Waals surface area (Å²) in [6.45, 7) is 0.322. The first-order valence-corrected chi connectivity index (χ1v) is 11.2. The van der Waals surface area contributed by atoms with Crippen LogP contribution in [0.5, 0.6) is 5.75 Å². The monoisotopic (exact) mass is 459 g/mol. The number of sulfonamides is 1. The standard InChI is InChI=1S/C17H18ClN3O6S2/c1-27-14-5-4-12(21(23)24)9-13(14)19-17(22)11-3-2-8-20(10-11)29(25,26)16-7-6-15(18)28-16/h4-7,9,11H,2-3,8,10H2,1H3,(H,19,22). The third kappa shape index (κ3) is 4.69. The van der Waals surface area contributed by atoms with Gasteiger partial charge in [-0.05, 0) is 31.0 Å². The van der Waals surface area contributed by atoms with E-state index in [9.17, 15) is 23.3 Å². The van der Waals surface area contributed by atoms with Crippen LogP contribution >= 0.6 is 22.9 Å². The van der Waals surface area contributed by atoms with E-state index >= 15 is 0 Å². The summed E-state index contributed by atoms with van der Waals surface area (Å²) in [5.74, 6) is -0.747. The Hall–Kier alpha value is -2.21. The molecule has 1 saturated heterocycles. The van der Waals surface area contributed by atoms with E-state index < -0.39 is 26.8 Å². The van der Waals surface area contributed by atoms with Gasteiger partial charge >= 0.3 is 0 Å². The fourth-order valence-corrected chi connectivity index (χ4v) is 6.24. The molecule has 1 aromatic heterocycles. The number of methoxy groups -OCH3 is 1. The molecule has 0 spiro atoms. The molecule has 0 aliphatic carbocycles. The Kier molecular flexibility index (Phi) is 6.42. The normalized spacial score (nSPS) is 17.7. The van der Waals surface area contributed by atoms with Gasteiger partial charge in [0.25, 0.3) is 15.7 Å². The molecule has 1 aromatic carbocycles. The number of nitrogens with zero attached hydrogens (tertiary/aromatic N) is 2. The van der Waals surface area contributed by atoms with Crippen LogP contribution in [0.4, 0.5) is 11.4 Å². The molecule has 1 atom stereocenters. The Bertz CT molecular complexity index is 1040. The van der Waals surface area contributed by atoms with Crippen molar-refractivity contribution in [3.05, 3.63) is 44.8 Å². The van der Waals surface area contributed by atoms with Crippen molar-refractivity contribution in [1.29, 1.82) is 0 Å². The first-order chi connectivity index (χ1) is 13.7. The van der Waals surface area contributed by atoms with Crippen LogP contribution in [-0.2, 0) is 14.8 Å². The predicted molar refractivity (Wildman–Crippen MR) is 109 cm³/mol. The summed E-state index contributed by atoms with van der Waals surface area (Å²) in [6, 6.07) is 6.84. The minimum Gasteiger partial charge on any atom is -0.495 e. The Balaban J connectivity index is 1.77. The molecule has 0 bridgehead atoms. The number of ether oxygens (including phenoxy) is 1. The van der Waals surface area contributed by atoms with Crippen LogP contribution in [0.1, 0.15) is 12.8 Å². The number of carbonyl (C=O) groups is 1. The number of hydrogen-bond acceptors (Lipinski definition) is 7. The number of thiophene rings is 1. The highest BCUT2D eigenvalue weighted by atomic mass is 35.5. The minimum atomic E-state index is -3.74. The average molecular weight is 460 g/mol. The van der Waals surface area contributed by atoms with Crippen molar-refractivity contribution in [3.8, 4) is 5.75 Å². The van der Waals surface area contributed by atoms with E-state index in [-0.39, 0.29) is 27.9 Å². The van der Waals surface area contributed by atoms with Gasteiger partial charge in [-0.25, -0.2) is 8.42 Å². The van der Waals surface area contributed by atoms with Gasteiger partial charge in [0.2, 0.25) is 5.91 Å². The lowest BCUT2D eigenvalue weighted by molar-refractivity contribution is -0.384. The largest absolute Gasteiger partial charge is 0.495 e. The van der Waals surface area contributed by atoms with Crippen LogP contribution in [0.3, 0.4) is 0 Å². The molecule has 12 heteroatoms. The highest BCUT2D eigenvalue weighted by Gasteiger charge is 2.34. The molecule has 9 nitrogen and oxygen atoms in total. The van der Waals surface area contributed by atoms with Crippen LogP contribution in [0, 0.1) is 16.0 Å². The first-order valence-electron chi connectivity index (χ1n) is 8.61. The maximum Gasteiger partial charge on any atom is 0.271 e. The van der Waals surface area contributed by atoms with E-state index in [2.05, 4.69) is 5.32 Å². The summed E-state index contributed by atoms with van der Waals surface area (Å²) >= 11 is 6.81. The predicted octanol–water partition coefficient (Wildman–Crippen LogP) is 3.36. The van der Waals surface area contributed by atoms with Crippen molar-refractivity contribution in [2.75, 3.05) is 25.5 Å². The Labute approximate surface area is 176 Å². The Morgan fingerprint density at radius 2 is 2.14 bits per heavy atom. The van der Waals surface area contributed by atoms with Gasteiger partial charge in [-0.15, -0.1) is 11.3 Å². The second-order valence-corrected chi connectivity index (χ2v) is 10.3. The molecule has 2 heterocycles. The van der Waals surface area contributed by atoms with Crippen molar-refractivity contribution in [3.63, 3.8) is 0 Å². The number of piperidine rings is 1. The first kappa shape index (κ1) is 21.5. The smallest absolute Gasteiger partial charge is 0.271 e. The van der Waals surface area contributed by atoms with E-state index in [0.29, 0.717) is 23.7 Å². The highest BCUT2D eigenvalue weighted by Crippen LogP contribution is 2.32. The van der Waals surface area contributed by atoms with Crippen molar-refractivity contribution < 1.29 is 22.9 Å². The lowest BCUT2D eigenvalue weighted by Gasteiger charge is -2.30. The third-order valence-electron chi connectivity index (χ3n) is 4.55. The average Bonchev–Trinajstić information content (AvgIpc) is 3.15.